The fourth-order valence-electron chi connectivity index (χ4n) is 4.65. The molecule has 0 saturated carbocycles. The second-order valence-electron chi connectivity index (χ2n) is 9.62. The normalized spacial score (nSPS) is 17.5. The summed E-state index contributed by atoms with van der Waals surface area (Å²) in [4.78, 5) is 35.9. The van der Waals surface area contributed by atoms with Crippen LogP contribution in [0.3, 0.4) is 0 Å². The molecule has 3 aromatic carbocycles. The summed E-state index contributed by atoms with van der Waals surface area (Å²) in [5.41, 5.74) is 2.28. The van der Waals surface area contributed by atoms with Gasteiger partial charge < -0.3 is 4.74 Å². The van der Waals surface area contributed by atoms with Gasteiger partial charge in [-0.2, -0.15) is 14.4 Å². The van der Waals surface area contributed by atoms with Gasteiger partial charge in [-0.15, -0.1) is 0 Å². The van der Waals surface area contributed by atoms with Crippen LogP contribution in [0.2, 0.25) is 0 Å². The van der Waals surface area contributed by atoms with E-state index < -0.39 is 26.8 Å². The lowest BCUT2D eigenvalue weighted by atomic mass is 9.98. The van der Waals surface area contributed by atoms with Crippen LogP contribution < -0.4 is 9.75 Å². The number of rotatable bonds is 7. The molecule has 0 atom stereocenters. The van der Waals surface area contributed by atoms with Crippen LogP contribution in [0.15, 0.2) is 94.4 Å². The number of nitro groups is 1. The van der Waals surface area contributed by atoms with Gasteiger partial charge in [0.15, 0.2) is 0 Å². The quantitative estimate of drug-likeness (QED) is 0.134. The van der Waals surface area contributed by atoms with Crippen molar-refractivity contribution >= 4 is 45.1 Å². The van der Waals surface area contributed by atoms with E-state index in [4.69, 9.17) is 4.74 Å². The van der Waals surface area contributed by atoms with Crippen molar-refractivity contribution in [2.75, 3.05) is 18.1 Å². The lowest BCUT2D eigenvalue weighted by Crippen LogP contribution is -2.41. The van der Waals surface area contributed by atoms with Gasteiger partial charge in [0.2, 0.25) is 10.0 Å². The van der Waals surface area contributed by atoms with E-state index >= 15 is 0 Å². The Morgan fingerprint density at radius 1 is 1.00 bits per heavy atom. The first-order chi connectivity index (χ1) is 19.6. The van der Waals surface area contributed by atoms with Crippen molar-refractivity contribution in [1.29, 1.82) is 0 Å². The minimum Gasteiger partial charge on any atom is -0.426 e. The number of hydrogen-bond donors (Lipinski definition) is 0. The fraction of sp³-hybridized carbons (Fsp3) is 0.207. The van der Waals surface area contributed by atoms with Crippen molar-refractivity contribution in [3.05, 3.63) is 100 Å². The van der Waals surface area contributed by atoms with Crippen molar-refractivity contribution in [1.82, 2.24) is 4.31 Å². The monoisotopic (exact) mass is 574 g/mol. The first kappa shape index (κ1) is 27.9. The number of nitrogens with zero attached hydrogens (tertiary/aromatic N) is 4. The van der Waals surface area contributed by atoms with Gasteiger partial charge in [-0.05, 0) is 67.8 Å². The number of esters is 1. The highest BCUT2D eigenvalue weighted by Crippen LogP contribution is 2.28. The summed E-state index contributed by atoms with van der Waals surface area (Å²) in [5.74, 6) is -0.812. The summed E-state index contributed by atoms with van der Waals surface area (Å²) in [6.07, 6.45) is 2.30. The summed E-state index contributed by atoms with van der Waals surface area (Å²) in [5, 5.41) is 16.6. The number of para-hydroxylation sites is 1. The van der Waals surface area contributed by atoms with Gasteiger partial charge in [-0.25, -0.2) is 8.42 Å². The molecule has 0 radical (unpaired) electrons. The van der Waals surface area contributed by atoms with Gasteiger partial charge in [0.25, 0.3) is 11.6 Å². The van der Waals surface area contributed by atoms with Crippen LogP contribution in [0.5, 0.6) is 5.75 Å². The number of anilines is 1. The minimum absolute atomic E-state index is 0.0345. The molecule has 11 nitrogen and oxygen atoms in total. The number of benzene rings is 3. The van der Waals surface area contributed by atoms with Crippen LogP contribution in [-0.2, 0) is 19.6 Å². The third-order valence-electron chi connectivity index (χ3n) is 6.95. The SMILES string of the molecule is CC1=NN(c2ccccc2)C(=O)C1=Cc1ccc(OC(=O)C2CCN(S(=O)(=O)c3ccc([N+](=O)[O-])cc3)CC2)cc1. The molecular weight excluding hydrogens is 548 g/mol. The molecular formula is C29H26N4O7S. The summed E-state index contributed by atoms with van der Waals surface area (Å²) in [6, 6.07) is 20.6. The number of non-ortho nitro benzene ring substituents is 1. The molecule has 12 heteroatoms. The molecule has 0 bridgehead atoms. The highest BCUT2D eigenvalue weighted by Gasteiger charge is 2.33. The number of hydrazone groups is 1. The van der Waals surface area contributed by atoms with E-state index in [2.05, 4.69) is 5.10 Å². The first-order valence-electron chi connectivity index (χ1n) is 12.9. The van der Waals surface area contributed by atoms with E-state index in [9.17, 15) is 28.1 Å². The summed E-state index contributed by atoms with van der Waals surface area (Å²) >= 11 is 0. The Kier molecular flexibility index (Phi) is 7.77. The molecule has 41 heavy (non-hydrogen) atoms. The third kappa shape index (κ3) is 5.93. The topological polar surface area (TPSA) is 139 Å². The van der Waals surface area contributed by atoms with E-state index in [-0.39, 0.29) is 42.4 Å². The van der Waals surface area contributed by atoms with Gasteiger partial charge in [-0.3, -0.25) is 19.7 Å². The molecule has 5 rings (SSSR count). The van der Waals surface area contributed by atoms with E-state index in [1.165, 1.54) is 21.4 Å². The number of carbonyl (C=O) groups excluding carboxylic acids is 2. The van der Waals surface area contributed by atoms with Gasteiger partial charge in [0, 0.05) is 25.2 Å². The fourth-order valence-corrected chi connectivity index (χ4v) is 6.12. The molecule has 2 aliphatic rings. The predicted molar refractivity (Wildman–Crippen MR) is 152 cm³/mol. The number of nitro benzene ring substituents is 1. The van der Waals surface area contributed by atoms with Crippen molar-refractivity contribution < 1.29 is 27.7 Å². The molecule has 210 valence electrons. The Bertz CT molecular complexity index is 1640. The maximum Gasteiger partial charge on any atom is 0.314 e. The maximum absolute atomic E-state index is 12.9. The number of hydrogen-bond acceptors (Lipinski definition) is 8. The van der Waals surface area contributed by atoms with Gasteiger partial charge in [-0.1, -0.05) is 30.3 Å². The third-order valence-corrected chi connectivity index (χ3v) is 8.86. The largest absolute Gasteiger partial charge is 0.426 e. The van der Waals surface area contributed by atoms with E-state index in [0.29, 0.717) is 22.7 Å². The summed E-state index contributed by atoms with van der Waals surface area (Å²) < 4.78 is 32.7. The van der Waals surface area contributed by atoms with Crippen LogP contribution in [-0.4, -0.2) is 48.3 Å². The zero-order valence-corrected chi connectivity index (χ0v) is 22.9. The van der Waals surface area contributed by atoms with Crippen molar-refractivity contribution in [2.45, 2.75) is 24.7 Å². The van der Waals surface area contributed by atoms with Crippen LogP contribution in [0.25, 0.3) is 6.08 Å². The lowest BCUT2D eigenvalue weighted by molar-refractivity contribution is -0.384. The zero-order valence-electron chi connectivity index (χ0n) is 22.0. The first-order valence-corrected chi connectivity index (χ1v) is 14.3. The molecule has 2 aliphatic heterocycles. The number of sulfonamides is 1. The molecule has 3 aromatic rings. The number of ether oxygens (including phenoxy) is 1. The van der Waals surface area contributed by atoms with Crippen LogP contribution in [0.4, 0.5) is 11.4 Å². The molecule has 1 fully saturated rings. The van der Waals surface area contributed by atoms with Gasteiger partial charge in [0.05, 0.1) is 32.7 Å². The molecule has 1 amide bonds. The average molecular weight is 575 g/mol. The van der Waals surface area contributed by atoms with Crippen LogP contribution in [0, 0.1) is 16.0 Å². The lowest BCUT2D eigenvalue weighted by Gasteiger charge is -2.30. The average Bonchev–Trinajstić information content (AvgIpc) is 3.27. The van der Waals surface area contributed by atoms with Gasteiger partial charge >= 0.3 is 5.97 Å². The molecule has 0 N–H and O–H groups in total. The van der Waals surface area contributed by atoms with E-state index in [0.717, 1.165) is 17.7 Å². The Hall–Kier alpha value is -4.68. The molecule has 2 heterocycles. The highest BCUT2D eigenvalue weighted by atomic mass is 32.2. The molecule has 0 spiro atoms. The Labute approximate surface area is 236 Å². The summed E-state index contributed by atoms with van der Waals surface area (Å²) in [6.45, 7) is 2.02. The number of amides is 1. The molecule has 0 aromatic heterocycles. The van der Waals surface area contributed by atoms with Crippen molar-refractivity contribution in [2.24, 2.45) is 11.0 Å². The maximum atomic E-state index is 12.9. The van der Waals surface area contributed by atoms with E-state index in [1.807, 2.05) is 30.3 Å². The Balaban J connectivity index is 1.17. The molecule has 1 saturated heterocycles. The number of carbonyl (C=O) groups is 2. The predicted octanol–water partition coefficient (Wildman–Crippen LogP) is 4.41. The smallest absolute Gasteiger partial charge is 0.314 e. The standard InChI is InChI=1S/C29H26N4O7S/c1-20-27(28(34)32(30-20)23-5-3-2-4-6-23)19-21-7-11-25(12-8-21)40-29(35)22-15-17-31(18-16-22)41(38,39)26-13-9-24(10-14-26)33(36)37/h2-14,19,22H,15-18H2,1H3. The van der Waals surface area contributed by atoms with E-state index in [1.54, 1.807) is 37.3 Å². The second kappa shape index (κ2) is 11.4. The number of piperidine rings is 1. The second-order valence-corrected chi connectivity index (χ2v) is 11.6. The minimum atomic E-state index is -3.84. The Morgan fingerprint density at radius 3 is 2.24 bits per heavy atom. The highest BCUT2D eigenvalue weighted by molar-refractivity contribution is 7.89. The van der Waals surface area contributed by atoms with Crippen molar-refractivity contribution in [3.8, 4) is 5.75 Å². The molecule has 0 unspecified atom stereocenters. The van der Waals surface area contributed by atoms with Crippen molar-refractivity contribution in [3.63, 3.8) is 0 Å². The Morgan fingerprint density at radius 2 is 1.63 bits per heavy atom. The van der Waals surface area contributed by atoms with Crippen LogP contribution >= 0.6 is 0 Å². The molecule has 0 aliphatic carbocycles. The summed E-state index contributed by atoms with van der Waals surface area (Å²) in [7, 11) is -3.84. The van der Waals surface area contributed by atoms with Gasteiger partial charge in [0.1, 0.15) is 5.75 Å². The van der Waals surface area contributed by atoms with Crippen LogP contribution in [0.1, 0.15) is 25.3 Å². The zero-order chi connectivity index (χ0) is 29.1.